The van der Waals surface area contributed by atoms with Gasteiger partial charge in [0.15, 0.2) is 5.82 Å². The number of tetrazole rings is 1. The fourth-order valence-electron chi connectivity index (χ4n) is 4.76. The molecule has 5 rings (SSSR count). The summed E-state index contributed by atoms with van der Waals surface area (Å²) >= 11 is 0. The van der Waals surface area contributed by atoms with Gasteiger partial charge in [0.05, 0.1) is 19.2 Å². The Morgan fingerprint density at radius 1 is 1.17 bits per heavy atom. The highest BCUT2D eigenvalue weighted by atomic mass is 19.1. The fraction of sp³-hybridized carbons (Fsp3) is 0.385. The number of fused-ring (bicyclic) bond motifs is 1. The fourth-order valence-corrected chi connectivity index (χ4v) is 4.76. The van der Waals surface area contributed by atoms with Crippen molar-refractivity contribution in [3.05, 3.63) is 86.7 Å². The van der Waals surface area contributed by atoms with E-state index in [9.17, 15) is 9.18 Å². The van der Waals surface area contributed by atoms with Crippen LogP contribution in [0, 0.1) is 19.7 Å². The van der Waals surface area contributed by atoms with Crippen molar-refractivity contribution in [2.24, 2.45) is 0 Å². The summed E-state index contributed by atoms with van der Waals surface area (Å²) in [4.78, 5) is 18.2. The molecule has 0 bridgehead atoms. The zero-order valence-electron chi connectivity index (χ0n) is 20.0. The van der Waals surface area contributed by atoms with E-state index in [0.717, 1.165) is 47.0 Å². The topological polar surface area (TPSA) is 88.9 Å². The van der Waals surface area contributed by atoms with Gasteiger partial charge in [-0.05, 0) is 78.1 Å². The maximum atomic E-state index is 13.3. The van der Waals surface area contributed by atoms with Crippen molar-refractivity contribution in [3.8, 4) is 0 Å². The first-order chi connectivity index (χ1) is 16.9. The van der Waals surface area contributed by atoms with Crippen LogP contribution in [0.4, 0.5) is 4.39 Å². The van der Waals surface area contributed by atoms with Crippen molar-refractivity contribution in [1.29, 1.82) is 0 Å². The monoisotopic (exact) mass is 476 g/mol. The maximum Gasteiger partial charge on any atom is 0.252 e. The molecule has 3 heterocycles. The minimum absolute atomic E-state index is 0.0919. The number of aromatic nitrogens is 5. The molecule has 1 atom stereocenters. The predicted molar refractivity (Wildman–Crippen MR) is 130 cm³/mol. The van der Waals surface area contributed by atoms with Crippen molar-refractivity contribution in [2.75, 3.05) is 13.2 Å². The van der Waals surface area contributed by atoms with Crippen molar-refractivity contribution in [3.63, 3.8) is 0 Å². The van der Waals surface area contributed by atoms with E-state index in [-0.39, 0.29) is 17.5 Å². The highest BCUT2D eigenvalue weighted by molar-refractivity contribution is 5.83. The van der Waals surface area contributed by atoms with Gasteiger partial charge >= 0.3 is 0 Å². The molecule has 1 aliphatic rings. The van der Waals surface area contributed by atoms with Gasteiger partial charge in [0.2, 0.25) is 0 Å². The van der Waals surface area contributed by atoms with Gasteiger partial charge in [-0.25, -0.2) is 9.07 Å². The van der Waals surface area contributed by atoms with Crippen LogP contribution in [0.3, 0.4) is 0 Å². The van der Waals surface area contributed by atoms with Crippen LogP contribution < -0.4 is 5.56 Å². The number of benzene rings is 2. The molecule has 1 fully saturated rings. The lowest BCUT2D eigenvalue weighted by Gasteiger charge is -2.24. The van der Waals surface area contributed by atoms with Crippen molar-refractivity contribution < 1.29 is 9.13 Å². The molecule has 0 spiro atoms. The molecule has 1 saturated heterocycles. The Balaban J connectivity index is 1.41. The number of aryl methyl sites for hydroxylation is 2. The molecule has 0 aliphatic carbocycles. The number of ether oxygens (including phenoxy) is 1. The van der Waals surface area contributed by atoms with Crippen LogP contribution in [0.2, 0.25) is 0 Å². The first-order valence-electron chi connectivity index (χ1n) is 11.9. The van der Waals surface area contributed by atoms with Gasteiger partial charge < -0.3 is 9.72 Å². The summed E-state index contributed by atoms with van der Waals surface area (Å²) in [5, 5.41) is 13.3. The summed E-state index contributed by atoms with van der Waals surface area (Å²) in [6.45, 7) is 6.86. The third-order valence-corrected chi connectivity index (χ3v) is 6.49. The van der Waals surface area contributed by atoms with Crippen LogP contribution in [0.25, 0.3) is 10.9 Å². The number of hydrogen-bond acceptors (Lipinski definition) is 6. The third-order valence-electron chi connectivity index (χ3n) is 6.49. The number of hydrogen-bond donors (Lipinski definition) is 1. The van der Waals surface area contributed by atoms with Crippen LogP contribution in [0.15, 0.2) is 47.3 Å². The Bertz CT molecular complexity index is 1380. The summed E-state index contributed by atoms with van der Waals surface area (Å²) in [6.07, 6.45) is 2.14. The molecular formula is C26H29FN6O2. The second kappa shape index (κ2) is 10.1. The molecule has 0 amide bonds. The van der Waals surface area contributed by atoms with Crippen LogP contribution >= 0.6 is 0 Å². The Kier molecular flexibility index (Phi) is 6.70. The maximum absolute atomic E-state index is 13.3. The predicted octanol–water partition coefficient (Wildman–Crippen LogP) is 3.50. The molecule has 1 N–H and O–H groups in total. The van der Waals surface area contributed by atoms with Crippen LogP contribution in [-0.2, 0) is 24.4 Å². The zero-order chi connectivity index (χ0) is 24.4. The first-order valence-corrected chi connectivity index (χ1v) is 11.9. The molecule has 9 heteroatoms. The molecule has 0 radical (unpaired) electrons. The van der Waals surface area contributed by atoms with Crippen molar-refractivity contribution >= 4 is 10.9 Å². The Hall–Kier alpha value is -3.43. The average Bonchev–Trinajstić information content (AvgIpc) is 3.48. The standard InChI is InChI=1S/C26H29FN6O2/c1-17-10-18(2)23-12-20(26(34)28-24(23)11-17)14-32(15-22-4-3-9-35-22)16-25-29-30-31-33(25)13-19-5-7-21(27)8-6-19/h5-8,10-12,22H,3-4,9,13-16H2,1-2H3,(H,28,34)/t22-/m1/s1. The molecular weight excluding hydrogens is 447 g/mol. The lowest BCUT2D eigenvalue weighted by Crippen LogP contribution is -2.34. The number of rotatable bonds is 8. The van der Waals surface area contributed by atoms with E-state index in [1.807, 2.05) is 19.1 Å². The minimum Gasteiger partial charge on any atom is -0.377 e. The van der Waals surface area contributed by atoms with E-state index in [1.165, 1.54) is 12.1 Å². The molecule has 8 nitrogen and oxygen atoms in total. The Morgan fingerprint density at radius 3 is 2.77 bits per heavy atom. The van der Waals surface area contributed by atoms with Crippen LogP contribution in [0.5, 0.6) is 0 Å². The van der Waals surface area contributed by atoms with E-state index < -0.39 is 0 Å². The minimum atomic E-state index is -0.278. The largest absolute Gasteiger partial charge is 0.377 e. The van der Waals surface area contributed by atoms with Crippen LogP contribution in [0.1, 0.15) is 40.9 Å². The second-order valence-corrected chi connectivity index (χ2v) is 9.35. The molecule has 182 valence electrons. The zero-order valence-corrected chi connectivity index (χ0v) is 20.0. The number of nitrogens with one attached hydrogen (secondary N) is 1. The number of nitrogens with zero attached hydrogens (tertiary/aromatic N) is 5. The summed E-state index contributed by atoms with van der Waals surface area (Å²) < 4.78 is 20.9. The van der Waals surface area contributed by atoms with E-state index in [0.29, 0.717) is 37.6 Å². The first kappa shape index (κ1) is 23.3. The van der Waals surface area contributed by atoms with Gasteiger partial charge in [0, 0.05) is 36.2 Å². The van der Waals surface area contributed by atoms with E-state index in [4.69, 9.17) is 4.74 Å². The Labute approximate surface area is 202 Å². The normalized spacial score (nSPS) is 15.9. The number of aromatic amines is 1. The smallest absolute Gasteiger partial charge is 0.252 e. The SMILES string of the molecule is Cc1cc(C)c2cc(CN(Cc3nnnn3Cc3ccc(F)cc3)C[C@H]3CCCO3)c(=O)[nH]c2c1. The lowest BCUT2D eigenvalue weighted by atomic mass is 10.0. The molecule has 0 unspecified atom stereocenters. The van der Waals surface area contributed by atoms with E-state index in [1.54, 1.807) is 16.8 Å². The van der Waals surface area contributed by atoms with Crippen molar-refractivity contribution in [1.82, 2.24) is 30.1 Å². The van der Waals surface area contributed by atoms with Gasteiger partial charge in [-0.15, -0.1) is 5.10 Å². The number of halogens is 1. The molecule has 2 aromatic heterocycles. The summed E-state index contributed by atoms with van der Waals surface area (Å²) in [6, 6.07) is 12.4. The van der Waals surface area contributed by atoms with E-state index in [2.05, 4.69) is 38.4 Å². The quantitative estimate of drug-likeness (QED) is 0.419. The Morgan fingerprint density at radius 2 is 2.00 bits per heavy atom. The summed E-state index contributed by atoms with van der Waals surface area (Å²) in [7, 11) is 0. The van der Waals surface area contributed by atoms with Gasteiger partial charge in [0.25, 0.3) is 5.56 Å². The second-order valence-electron chi connectivity index (χ2n) is 9.35. The van der Waals surface area contributed by atoms with Crippen LogP contribution in [-0.4, -0.2) is 49.3 Å². The third kappa shape index (κ3) is 5.47. The lowest BCUT2D eigenvalue weighted by molar-refractivity contribution is 0.0663. The van der Waals surface area contributed by atoms with E-state index >= 15 is 0 Å². The highest BCUT2D eigenvalue weighted by Crippen LogP contribution is 2.21. The van der Waals surface area contributed by atoms with Gasteiger partial charge in [-0.2, -0.15) is 0 Å². The van der Waals surface area contributed by atoms with Gasteiger partial charge in [-0.1, -0.05) is 18.2 Å². The number of pyridine rings is 1. The van der Waals surface area contributed by atoms with Crippen molar-refractivity contribution in [2.45, 2.75) is 52.4 Å². The molecule has 2 aromatic carbocycles. The van der Waals surface area contributed by atoms with Gasteiger partial charge in [-0.3, -0.25) is 9.69 Å². The molecule has 1 aliphatic heterocycles. The summed E-state index contributed by atoms with van der Waals surface area (Å²) in [5.41, 5.74) is 4.61. The van der Waals surface area contributed by atoms with Gasteiger partial charge in [0.1, 0.15) is 5.82 Å². The number of H-pyrrole nitrogens is 1. The average molecular weight is 477 g/mol. The summed E-state index contributed by atoms with van der Waals surface area (Å²) in [5.74, 6) is 0.399. The highest BCUT2D eigenvalue weighted by Gasteiger charge is 2.22. The molecule has 0 saturated carbocycles. The molecule has 35 heavy (non-hydrogen) atoms. The molecule has 4 aromatic rings.